The van der Waals surface area contributed by atoms with Crippen molar-refractivity contribution in [3.8, 4) is 0 Å². The lowest BCUT2D eigenvalue weighted by molar-refractivity contribution is -0.152. The Hall–Kier alpha value is -2.36. The van der Waals surface area contributed by atoms with Crippen LogP contribution in [-0.4, -0.2) is 94.4 Å². The molecular formula is C27H39N7O2. The first-order valence-electron chi connectivity index (χ1n) is 13.9. The van der Waals surface area contributed by atoms with E-state index in [1.807, 2.05) is 17.2 Å². The zero-order chi connectivity index (χ0) is 24.6. The molecular weight excluding hydrogens is 454 g/mol. The number of hydrogen-bond donors (Lipinski definition) is 1. The van der Waals surface area contributed by atoms with E-state index in [0.29, 0.717) is 11.9 Å². The largest absolute Gasteiger partial charge is 0.355 e. The third-order valence-electron chi connectivity index (χ3n) is 8.38. The number of carbonyl (C=O) groups is 1. The molecule has 4 fully saturated rings. The first kappa shape index (κ1) is 24.0. The topological polar surface area (TPSA) is 85.7 Å². The fraction of sp³-hybridized carbons (Fsp3) is 0.704. The molecule has 4 heterocycles. The number of anilines is 1. The van der Waals surface area contributed by atoms with Gasteiger partial charge in [0.25, 0.3) is 5.91 Å². The van der Waals surface area contributed by atoms with Crippen molar-refractivity contribution in [2.45, 2.75) is 83.2 Å². The van der Waals surface area contributed by atoms with Crippen molar-refractivity contribution in [2.75, 3.05) is 38.0 Å². The number of likely N-dealkylation sites (N-methyl/N-ethyl adjacent to an activating group) is 1. The van der Waals surface area contributed by atoms with Crippen molar-refractivity contribution in [3.63, 3.8) is 0 Å². The van der Waals surface area contributed by atoms with Gasteiger partial charge in [0.15, 0.2) is 0 Å². The van der Waals surface area contributed by atoms with E-state index < -0.39 is 0 Å². The molecule has 2 aliphatic carbocycles. The number of piperazine rings is 1. The summed E-state index contributed by atoms with van der Waals surface area (Å²) < 4.78 is 6.35. The van der Waals surface area contributed by atoms with Gasteiger partial charge in [-0.15, -0.1) is 0 Å². The summed E-state index contributed by atoms with van der Waals surface area (Å²) in [6.45, 7) is 10.8. The number of hydrogen-bond acceptors (Lipinski definition) is 8. The molecule has 3 unspecified atom stereocenters. The molecule has 0 radical (unpaired) electrons. The molecule has 0 aromatic carbocycles. The summed E-state index contributed by atoms with van der Waals surface area (Å²) in [5.74, 6) is 2.42. The van der Waals surface area contributed by atoms with Crippen LogP contribution in [0.5, 0.6) is 0 Å². The second-order valence-corrected chi connectivity index (χ2v) is 11.0. The molecule has 5 aliphatic rings. The smallest absolute Gasteiger partial charge is 0.257 e. The third-order valence-corrected chi connectivity index (χ3v) is 8.38. The number of aromatic nitrogens is 1. The molecule has 1 amide bonds. The highest BCUT2D eigenvalue weighted by Crippen LogP contribution is 2.40. The first-order valence-corrected chi connectivity index (χ1v) is 13.9. The van der Waals surface area contributed by atoms with Crippen LogP contribution in [0.25, 0.3) is 0 Å². The first-order chi connectivity index (χ1) is 17.6. The fourth-order valence-electron chi connectivity index (χ4n) is 6.04. The van der Waals surface area contributed by atoms with Crippen molar-refractivity contribution in [2.24, 2.45) is 15.9 Å². The summed E-state index contributed by atoms with van der Waals surface area (Å²) in [6.07, 6.45) is 7.92. The Morgan fingerprint density at radius 2 is 1.78 bits per heavy atom. The van der Waals surface area contributed by atoms with E-state index in [1.165, 1.54) is 18.4 Å². The SMILES string of the molecule is CCN1CCN(Cc2ccc(NC3=NC(C)C4OC(C5CC5)C(=O)N(C5CCCC5)C4=N3)nc2)CC1. The molecule has 1 aromatic rings. The number of amides is 1. The number of fused-ring (bicyclic) bond motifs is 1. The Labute approximate surface area is 214 Å². The molecule has 9 nitrogen and oxygen atoms in total. The molecule has 2 saturated heterocycles. The van der Waals surface area contributed by atoms with Crippen LogP contribution in [0.15, 0.2) is 28.3 Å². The Morgan fingerprint density at radius 1 is 1.03 bits per heavy atom. The summed E-state index contributed by atoms with van der Waals surface area (Å²) in [4.78, 5) is 34.8. The summed E-state index contributed by atoms with van der Waals surface area (Å²) in [7, 11) is 0. The van der Waals surface area contributed by atoms with Gasteiger partial charge in [-0.25, -0.2) is 9.98 Å². The summed E-state index contributed by atoms with van der Waals surface area (Å²) in [5, 5.41) is 3.30. The normalized spacial score (nSPS) is 30.2. The Kier molecular flexibility index (Phi) is 6.79. The number of amidine groups is 1. The van der Waals surface area contributed by atoms with Crippen molar-refractivity contribution in [1.82, 2.24) is 19.7 Å². The van der Waals surface area contributed by atoms with Crippen LogP contribution < -0.4 is 5.32 Å². The van der Waals surface area contributed by atoms with Gasteiger partial charge in [0.2, 0.25) is 5.96 Å². The molecule has 0 spiro atoms. The van der Waals surface area contributed by atoms with Gasteiger partial charge in [-0.2, -0.15) is 4.99 Å². The number of nitrogens with one attached hydrogen (secondary N) is 1. The van der Waals surface area contributed by atoms with Gasteiger partial charge in [-0.3, -0.25) is 14.6 Å². The van der Waals surface area contributed by atoms with Crippen LogP contribution in [0, 0.1) is 5.92 Å². The predicted octanol–water partition coefficient (Wildman–Crippen LogP) is 2.74. The van der Waals surface area contributed by atoms with Gasteiger partial charge in [0.05, 0.1) is 6.04 Å². The fourth-order valence-corrected chi connectivity index (χ4v) is 6.04. The summed E-state index contributed by atoms with van der Waals surface area (Å²) in [5.41, 5.74) is 1.21. The van der Waals surface area contributed by atoms with E-state index in [4.69, 9.17) is 14.7 Å². The van der Waals surface area contributed by atoms with Gasteiger partial charge in [0, 0.05) is 45.0 Å². The van der Waals surface area contributed by atoms with E-state index in [-0.39, 0.29) is 30.2 Å². The Balaban J connectivity index is 1.15. The van der Waals surface area contributed by atoms with E-state index in [1.54, 1.807) is 0 Å². The highest BCUT2D eigenvalue weighted by Gasteiger charge is 2.51. The average Bonchev–Trinajstić information content (AvgIpc) is 3.59. The second kappa shape index (κ2) is 10.2. The lowest BCUT2D eigenvalue weighted by atomic mass is 10.0. The molecule has 36 heavy (non-hydrogen) atoms. The predicted molar refractivity (Wildman–Crippen MR) is 140 cm³/mol. The molecule has 1 aromatic heterocycles. The van der Waals surface area contributed by atoms with E-state index in [9.17, 15) is 4.79 Å². The van der Waals surface area contributed by atoms with Crippen molar-refractivity contribution < 1.29 is 9.53 Å². The molecule has 0 bridgehead atoms. The van der Waals surface area contributed by atoms with E-state index in [0.717, 1.165) is 76.6 Å². The molecule has 1 N–H and O–H groups in total. The molecule has 3 aliphatic heterocycles. The van der Waals surface area contributed by atoms with Gasteiger partial charge < -0.3 is 15.0 Å². The maximum absolute atomic E-state index is 13.5. The zero-order valence-electron chi connectivity index (χ0n) is 21.6. The number of morpholine rings is 1. The number of ether oxygens (including phenoxy) is 1. The highest BCUT2D eigenvalue weighted by molar-refractivity contribution is 6.12. The summed E-state index contributed by atoms with van der Waals surface area (Å²) in [6, 6.07) is 4.24. The molecule has 2 saturated carbocycles. The van der Waals surface area contributed by atoms with Crippen LogP contribution in [0.1, 0.15) is 57.9 Å². The minimum Gasteiger partial charge on any atom is -0.355 e. The van der Waals surface area contributed by atoms with Gasteiger partial charge in [0.1, 0.15) is 23.9 Å². The van der Waals surface area contributed by atoms with Crippen LogP contribution in [0.2, 0.25) is 0 Å². The lowest BCUT2D eigenvalue weighted by Gasteiger charge is -2.44. The van der Waals surface area contributed by atoms with E-state index in [2.05, 4.69) is 40.0 Å². The Morgan fingerprint density at radius 3 is 2.44 bits per heavy atom. The number of nitrogens with zero attached hydrogens (tertiary/aromatic N) is 6. The van der Waals surface area contributed by atoms with Gasteiger partial charge in [-0.05, 0) is 56.7 Å². The molecule has 6 rings (SSSR count). The molecule has 9 heteroatoms. The van der Waals surface area contributed by atoms with Crippen LogP contribution >= 0.6 is 0 Å². The van der Waals surface area contributed by atoms with Crippen molar-refractivity contribution >= 4 is 23.5 Å². The minimum absolute atomic E-state index is 0.107. The Bertz CT molecular complexity index is 1010. The molecule has 3 atom stereocenters. The number of carbonyl (C=O) groups excluding carboxylic acids is 1. The summed E-state index contributed by atoms with van der Waals surface area (Å²) >= 11 is 0. The maximum atomic E-state index is 13.5. The van der Waals surface area contributed by atoms with E-state index >= 15 is 0 Å². The van der Waals surface area contributed by atoms with Crippen molar-refractivity contribution in [3.05, 3.63) is 23.9 Å². The number of pyridine rings is 1. The second-order valence-electron chi connectivity index (χ2n) is 11.0. The maximum Gasteiger partial charge on any atom is 0.257 e. The van der Waals surface area contributed by atoms with Crippen molar-refractivity contribution in [1.29, 1.82) is 0 Å². The van der Waals surface area contributed by atoms with Gasteiger partial charge >= 0.3 is 0 Å². The number of guanidine groups is 1. The lowest BCUT2D eigenvalue weighted by Crippen LogP contribution is -2.62. The standard InChI is InChI=1S/C27H39N7O2/c1-3-32-12-14-33(15-13-32)17-19-8-11-22(28-16-19)30-27-29-18(2)23-25(31-27)34(21-6-4-5-7-21)26(35)24(36-23)20-9-10-20/h8,11,16,18,20-21,23-24H,3-7,9-10,12-15,17H2,1-2H3,(H,28,29,30). The third kappa shape index (κ3) is 4.93. The van der Waals surface area contributed by atoms with Crippen LogP contribution in [0.4, 0.5) is 5.82 Å². The number of rotatable bonds is 6. The molecule has 194 valence electrons. The highest BCUT2D eigenvalue weighted by atomic mass is 16.5. The monoisotopic (exact) mass is 493 g/mol. The zero-order valence-corrected chi connectivity index (χ0v) is 21.6. The minimum atomic E-state index is -0.333. The average molecular weight is 494 g/mol. The number of aliphatic imine (C=N–C) groups is 2. The van der Waals surface area contributed by atoms with Crippen LogP contribution in [-0.2, 0) is 16.1 Å². The van der Waals surface area contributed by atoms with Gasteiger partial charge in [-0.1, -0.05) is 25.8 Å². The van der Waals surface area contributed by atoms with Crippen LogP contribution in [0.3, 0.4) is 0 Å². The quantitative estimate of drug-likeness (QED) is 0.656.